The first-order valence-electron chi connectivity index (χ1n) is 8.10. The van der Waals surface area contributed by atoms with Gasteiger partial charge in [-0.3, -0.25) is 4.79 Å². The van der Waals surface area contributed by atoms with Gasteiger partial charge in [0.25, 0.3) is 5.91 Å². The lowest BCUT2D eigenvalue weighted by atomic mass is 10.0. The lowest BCUT2D eigenvalue weighted by Crippen LogP contribution is -2.32. The Labute approximate surface area is 145 Å². The van der Waals surface area contributed by atoms with Gasteiger partial charge < -0.3 is 5.32 Å². The number of rotatable bonds is 9. The van der Waals surface area contributed by atoms with Crippen LogP contribution >= 0.6 is 0 Å². The van der Waals surface area contributed by atoms with Crippen LogP contribution in [-0.4, -0.2) is 26.9 Å². The summed E-state index contributed by atoms with van der Waals surface area (Å²) >= 11 is 0. The monoisotopic (exact) mass is 350 g/mol. The molecule has 1 atom stereocenters. The number of carbonyl (C=O) groups excluding carboxylic acids is 1. The molecular formula is C18H26N2O3S. The van der Waals surface area contributed by atoms with Gasteiger partial charge in [-0.25, -0.2) is 8.42 Å². The second-order valence-electron chi connectivity index (χ2n) is 6.25. The third kappa shape index (κ3) is 6.73. The Hall–Kier alpha value is -1.84. The molecule has 5 nitrogen and oxygen atoms in total. The lowest BCUT2D eigenvalue weighted by molar-refractivity contribution is 0.0937. The van der Waals surface area contributed by atoms with Gasteiger partial charge >= 0.3 is 0 Å². The third-order valence-electron chi connectivity index (χ3n) is 3.59. The van der Waals surface area contributed by atoms with Gasteiger partial charge in [0.15, 0.2) is 0 Å². The maximum Gasteiger partial charge on any atom is 0.251 e. The van der Waals surface area contributed by atoms with Crippen LogP contribution < -0.4 is 10.0 Å². The second-order valence-corrected chi connectivity index (χ2v) is 8.02. The topological polar surface area (TPSA) is 75.3 Å². The van der Waals surface area contributed by atoms with Crippen LogP contribution in [0.3, 0.4) is 0 Å². The maximum atomic E-state index is 12.2. The zero-order valence-corrected chi connectivity index (χ0v) is 15.3. The van der Waals surface area contributed by atoms with Gasteiger partial charge in [0.05, 0.1) is 11.4 Å². The molecule has 24 heavy (non-hydrogen) atoms. The van der Waals surface area contributed by atoms with E-state index in [4.69, 9.17) is 6.42 Å². The highest BCUT2D eigenvalue weighted by Crippen LogP contribution is 2.12. The van der Waals surface area contributed by atoms with Crippen LogP contribution in [0.1, 0.15) is 50.4 Å². The number of hydrogen-bond acceptors (Lipinski definition) is 3. The Morgan fingerprint density at radius 1 is 1.17 bits per heavy atom. The minimum atomic E-state index is -3.63. The molecular weight excluding hydrogens is 324 g/mol. The number of benzene rings is 1. The predicted molar refractivity (Wildman–Crippen MR) is 96.1 cm³/mol. The largest absolute Gasteiger partial charge is 0.350 e. The van der Waals surface area contributed by atoms with E-state index in [2.05, 4.69) is 29.8 Å². The third-order valence-corrected chi connectivity index (χ3v) is 5.00. The van der Waals surface area contributed by atoms with Gasteiger partial charge in [-0.1, -0.05) is 32.6 Å². The Balaban J connectivity index is 2.62. The molecule has 0 aliphatic rings. The Morgan fingerprint density at radius 3 is 2.33 bits per heavy atom. The molecule has 0 spiro atoms. The standard InChI is InChI=1S/C18H26N2O3S/c1-5-13-19-24(22,23)17-11-9-16(10-12-17)18(21)20-15(4)8-6-7-14(2)3/h1,9-12,14-15,19H,6-8,13H2,2-4H3,(H,20,21)/t15-/m0/s1. The molecule has 0 bridgehead atoms. The molecule has 132 valence electrons. The van der Waals surface area contributed by atoms with Crippen LogP contribution in [0.25, 0.3) is 0 Å². The number of hydrogen-bond donors (Lipinski definition) is 2. The first kappa shape index (κ1) is 20.2. The fourth-order valence-corrected chi connectivity index (χ4v) is 3.15. The molecule has 2 N–H and O–H groups in total. The molecule has 0 unspecified atom stereocenters. The Kier molecular flexibility index (Phi) is 7.96. The lowest BCUT2D eigenvalue weighted by Gasteiger charge is -2.14. The Bertz CT molecular complexity index is 673. The van der Waals surface area contributed by atoms with E-state index in [1.807, 2.05) is 6.92 Å². The molecule has 1 rings (SSSR count). The molecule has 1 aromatic rings. The van der Waals surface area contributed by atoms with Gasteiger partial charge in [0, 0.05) is 11.6 Å². The van der Waals surface area contributed by atoms with E-state index < -0.39 is 10.0 Å². The number of nitrogens with one attached hydrogen (secondary N) is 2. The zero-order valence-electron chi connectivity index (χ0n) is 14.5. The first-order valence-corrected chi connectivity index (χ1v) is 9.58. The van der Waals surface area contributed by atoms with Crippen LogP contribution in [0.2, 0.25) is 0 Å². The van der Waals surface area contributed by atoms with Crippen molar-refractivity contribution < 1.29 is 13.2 Å². The van der Waals surface area contributed by atoms with Gasteiger partial charge in [-0.2, -0.15) is 4.72 Å². The molecule has 0 saturated heterocycles. The molecule has 0 heterocycles. The van der Waals surface area contributed by atoms with Crippen molar-refractivity contribution in [3.8, 4) is 12.3 Å². The predicted octanol–water partition coefficient (Wildman–Crippen LogP) is 2.54. The first-order chi connectivity index (χ1) is 11.3. The van der Waals surface area contributed by atoms with Crippen molar-refractivity contribution in [1.82, 2.24) is 10.0 Å². The van der Waals surface area contributed by atoms with Crippen molar-refractivity contribution in [2.45, 2.75) is 51.0 Å². The van der Waals surface area contributed by atoms with E-state index in [0.29, 0.717) is 11.5 Å². The van der Waals surface area contributed by atoms with Gasteiger partial charge in [-0.05, 0) is 43.5 Å². The highest BCUT2D eigenvalue weighted by Gasteiger charge is 2.15. The summed E-state index contributed by atoms with van der Waals surface area (Å²) < 4.78 is 26.1. The summed E-state index contributed by atoms with van der Waals surface area (Å²) in [7, 11) is -3.63. The summed E-state index contributed by atoms with van der Waals surface area (Å²) in [6, 6.07) is 5.88. The van der Waals surface area contributed by atoms with Crippen molar-refractivity contribution in [2.75, 3.05) is 6.54 Å². The summed E-state index contributed by atoms with van der Waals surface area (Å²) in [5.41, 5.74) is 0.432. The molecule has 1 amide bonds. The van der Waals surface area contributed by atoms with Crippen LogP contribution in [0.15, 0.2) is 29.2 Å². The van der Waals surface area contributed by atoms with Gasteiger partial charge in [0.1, 0.15) is 0 Å². The quantitative estimate of drug-likeness (QED) is 0.672. The van der Waals surface area contributed by atoms with E-state index in [1.54, 1.807) is 0 Å². The van der Waals surface area contributed by atoms with Crippen molar-refractivity contribution in [1.29, 1.82) is 0 Å². The molecule has 0 aliphatic heterocycles. The highest BCUT2D eigenvalue weighted by molar-refractivity contribution is 7.89. The number of carbonyl (C=O) groups is 1. The molecule has 1 aromatic carbocycles. The number of sulfonamides is 1. The van der Waals surface area contributed by atoms with Crippen LogP contribution in [0, 0.1) is 18.3 Å². The van der Waals surface area contributed by atoms with Crippen molar-refractivity contribution in [3.05, 3.63) is 29.8 Å². The van der Waals surface area contributed by atoms with Gasteiger partial charge in [0.2, 0.25) is 10.0 Å². The van der Waals surface area contributed by atoms with Crippen LogP contribution in [-0.2, 0) is 10.0 Å². The summed E-state index contributed by atoms with van der Waals surface area (Å²) in [4.78, 5) is 12.3. The second kappa shape index (κ2) is 9.45. The molecule has 0 saturated carbocycles. The average Bonchev–Trinajstić information content (AvgIpc) is 2.52. The molecule has 6 heteroatoms. The summed E-state index contributed by atoms with van der Waals surface area (Å²) in [5.74, 6) is 2.67. The molecule has 0 fully saturated rings. The van der Waals surface area contributed by atoms with E-state index >= 15 is 0 Å². The van der Waals surface area contributed by atoms with Crippen molar-refractivity contribution in [3.63, 3.8) is 0 Å². The summed E-state index contributed by atoms with van der Waals surface area (Å²) in [6.45, 7) is 6.26. The van der Waals surface area contributed by atoms with Crippen molar-refractivity contribution in [2.24, 2.45) is 5.92 Å². The van der Waals surface area contributed by atoms with E-state index in [-0.39, 0.29) is 23.4 Å². The summed E-state index contributed by atoms with van der Waals surface area (Å²) in [6.07, 6.45) is 8.17. The minimum absolute atomic E-state index is 0.0710. The van der Waals surface area contributed by atoms with Gasteiger partial charge in [-0.15, -0.1) is 6.42 Å². The van der Waals surface area contributed by atoms with E-state index in [0.717, 1.165) is 19.3 Å². The Morgan fingerprint density at radius 2 is 1.79 bits per heavy atom. The smallest absolute Gasteiger partial charge is 0.251 e. The fourth-order valence-electron chi connectivity index (χ4n) is 2.22. The summed E-state index contributed by atoms with van der Waals surface area (Å²) in [5, 5.41) is 2.93. The average molecular weight is 350 g/mol. The van der Waals surface area contributed by atoms with E-state index in [9.17, 15) is 13.2 Å². The zero-order chi connectivity index (χ0) is 18.2. The van der Waals surface area contributed by atoms with Crippen molar-refractivity contribution >= 4 is 15.9 Å². The molecule has 0 aromatic heterocycles. The number of amides is 1. The van der Waals surface area contributed by atoms with Crippen LogP contribution in [0.5, 0.6) is 0 Å². The normalized spacial score (nSPS) is 12.6. The van der Waals surface area contributed by atoms with E-state index in [1.165, 1.54) is 24.3 Å². The SMILES string of the molecule is C#CCNS(=O)(=O)c1ccc(C(=O)N[C@@H](C)CCCC(C)C)cc1. The molecule has 0 aliphatic carbocycles. The number of terminal acetylenes is 1. The highest BCUT2D eigenvalue weighted by atomic mass is 32.2. The fraction of sp³-hybridized carbons (Fsp3) is 0.500. The molecule has 0 radical (unpaired) electrons. The van der Waals surface area contributed by atoms with Crippen LogP contribution in [0.4, 0.5) is 0 Å². The maximum absolute atomic E-state index is 12.2. The minimum Gasteiger partial charge on any atom is -0.350 e.